The van der Waals surface area contributed by atoms with Crippen LogP contribution in [0.3, 0.4) is 0 Å². The first kappa shape index (κ1) is 34.7. The van der Waals surface area contributed by atoms with E-state index in [0.717, 1.165) is 22.0 Å². The van der Waals surface area contributed by atoms with E-state index in [0.29, 0.717) is 29.4 Å². The van der Waals surface area contributed by atoms with E-state index in [-0.39, 0.29) is 47.9 Å². The van der Waals surface area contributed by atoms with Gasteiger partial charge in [0.1, 0.15) is 31.6 Å². The summed E-state index contributed by atoms with van der Waals surface area (Å²) in [5.41, 5.74) is 1.52. The van der Waals surface area contributed by atoms with Gasteiger partial charge in [-0.3, -0.25) is 13.9 Å². The molecule has 252 valence electrons. The molecule has 0 saturated carbocycles. The molecular formula is C36H37ClFN3O6S. The smallest absolute Gasteiger partial charge is 0.264 e. The van der Waals surface area contributed by atoms with Gasteiger partial charge in [-0.2, -0.15) is 0 Å². The summed E-state index contributed by atoms with van der Waals surface area (Å²) in [4.78, 5) is 29.7. The standard InChI is InChI=1S/C36H37ClFN3O6S/c1-3-25(2)39-36(43)32(21-26-8-5-4-6-9-26)40(23-27-10-7-11-28(37)20-27)35(42)24-41(30-14-12-29(38)13-15-30)48(44,45)31-16-17-33-34(22-31)47-19-18-46-33/h4-17,20,22,25,32H,3,18-19,21,23-24H2,1-2H3,(H,39,43)/t25-,32+/m1/s1. The number of carbonyl (C=O) groups excluding carboxylic acids is 2. The minimum absolute atomic E-state index is 0.0356. The highest BCUT2D eigenvalue weighted by Gasteiger charge is 2.35. The Balaban J connectivity index is 1.58. The molecule has 0 saturated heterocycles. The predicted molar refractivity (Wildman–Crippen MR) is 182 cm³/mol. The third-order valence-corrected chi connectivity index (χ3v) is 10.0. The molecular weight excluding hydrogens is 657 g/mol. The number of anilines is 1. The summed E-state index contributed by atoms with van der Waals surface area (Å²) in [6.45, 7) is 3.66. The van der Waals surface area contributed by atoms with Crippen LogP contribution in [-0.2, 0) is 32.6 Å². The van der Waals surface area contributed by atoms with E-state index in [9.17, 15) is 22.4 Å². The lowest BCUT2D eigenvalue weighted by Crippen LogP contribution is -2.54. The van der Waals surface area contributed by atoms with E-state index in [2.05, 4.69) is 5.32 Å². The van der Waals surface area contributed by atoms with Crippen molar-refractivity contribution in [2.45, 2.75) is 50.2 Å². The third-order valence-electron chi connectivity index (χ3n) is 8.01. The SMILES string of the molecule is CC[C@@H](C)NC(=O)[C@H](Cc1ccccc1)N(Cc1cccc(Cl)c1)C(=O)CN(c1ccc(F)cc1)S(=O)(=O)c1ccc2c(c1)OCCO2. The molecule has 4 aromatic carbocycles. The normalized spacial score (nSPS) is 13.7. The number of hydrogen-bond acceptors (Lipinski definition) is 6. The van der Waals surface area contributed by atoms with E-state index in [1.807, 2.05) is 44.2 Å². The number of fused-ring (bicyclic) bond motifs is 1. The Bertz CT molecular complexity index is 1840. The number of halogens is 2. The maximum Gasteiger partial charge on any atom is 0.264 e. The number of amides is 2. The van der Waals surface area contributed by atoms with Gasteiger partial charge in [0.05, 0.1) is 10.6 Å². The number of nitrogens with zero attached hydrogens (tertiary/aromatic N) is 2. The first-order chi connectivity index (χ1) is 23.0. The lowest BCUT2D eigenvalue weighted by atomic mass is 10.0. The first-order valence-electron chi connectivity index (χ1n) is 15.6. The molecule has 9 nitrogen and oxygen atoms in total. The van der Waals surface area contributed by atoms with Crippen LogP contribution in [0.25, 0.3) is 0 Å². The first-order valence-corrected chi connectivity index (χ1v) is 17.4. The Labute approximate surface area is 285 Å². The predicted octanol–water partition coefficient (Wildman–Crippen LogP) is 6.00. The Kier molecular flexibility index (Phi) is 11.2. The van der Waals surface area contributed by atoms with Gasteiger partial charge in [0.15, 0.2) is 11.5 Å². The van der Waals surface area contributed by atoms with Gasteiger partial charge in [0, 0.05) is 30.1 Å². The maximum atomic E-state index is 14.6. The Hall–Kier alpha value is -4.61. The van der Waals surface area contributed by atoms with Crippen LogP contribution in [0, 0.1) is 5.82 Å². The van der Waals surface area contributed by atoms with Crippen LogP contribution in [0.1, 0.15) is 31.4 Å². The molecule has 2 atom stereocenters. The Morgan fingerprint density at radius 2 is 1.58 bits per heavy atom. The van der Waals surface area contributed by atoms with Gasteiger partial charge < -0.3 is 19.7 Å². The maximum absolute atomic E-state index is 14.6. The summed E-state index contributed by atoms with van der Waals surface area (Å²) in [5.74, 6) is -0.963. The van der Waals surface area contributed by atoms with Crippen LogP contribution in [0.4, 0.5) is 10.1 Å². The van der Waals surface area contributed by atoms with Crippen molar-refractivity contribution in [3.05, 3.63) is 119 Å². The largest absolute Gasteiger partial charge is 0.486 e. The molecule has 1 aliphatic rings. The molecule has 0 radical (unpaired) electrons. The van der Waals surface area contributed by atoms with Crippen LogP contribution in [-0.4, -0.2) is 57.0 Å². The van der Waals surface area contributed by atoms with Gasteiger partial charge in [0.25, 0.3) is 10.0 Å². The van der Waals surface area contributed by atoms with Gasteiger partial charge in [0.2, 0.25) is 11.8 Å². The van der Waals surface area contributed by atoms with Gasteiger partial charge >= 0.3 is 0 Å². The summed E-state index contributed by atoms with van der Waals surface area (Å²) < 4.78 is 54.8. The van der Waals surface area contributed by atoms with Crippen LogP contribution in [0.15, 0.2) is 102 Å². The van der Waals surface area contributed by atoms with Crippen molar-refractivity contribution in [3.8, 4) is 11.5 Å². The monoisotopic (exact) mass is 693 g/mol. The van der Waals surface area contributed by atoms with Crippen molar-refractivity contribution in [2.24, 2.45) is 0 Å². The number of benzene rings is 4. The van der Waals surface area contributed by atoms with E-state index >= 15 is 0 Å². The van der Waals surface area contributed by atoms with Gasteiger partial charge in [-0.05, 0) is 73.0 Å². The molecule has 0 fully saturated rings. The highest BCUT2D eigenvalue weighted by molar-refractivity contribution is 7.92. The second kappa shape index (κ2) is 15.5. The zero-order valence-electron chi connectivity index (χ0n) is 26.6. The number of sulfonamides is 1. The second-order valence-corrected chi connectivity index (χ2v) is 13.8. The van der Waals surface area contributed by atoms with Crippen molar-refractivity contribution < 1.29 is 31.9 Å². The van der Waals surface area contributed by atoms with Crippen molar-refractivity contribution in [1.29, 1.82) is 0 Å². The summed E-state index contributed by atoms with van der Waals surface area (Å²) in [7, 11) is -4.43. The van der Waals surface area contributed by atoms with Gasteiger partial charge in [-0.1, -0.05) is 61.0 Å². The van der Waals surface area contributed by atoms with E-state index in [1.54, 1.807) is 24.3 Å². The lowest BCUT2D eigenvalue weighted by molar-refractivity contribution is -0.140. The molecule has 48 heavy (non-hydrogen) atoms. The summed E-state index contributed by atoms with van der Waals surface area (Å²) in [6.07, 6.45) is 0.832. The van der Waals surface area contributed by atoms with Crippen LogP contribution in [0.2, 0.25) is 5.02 Å². The summed E-state index contributed by atoms with van der Waals surface area (Å²) in [6, 6.07) is 24.0. The molecule has 1 N–H and O–H groups in total. The number of rotatable bonds is 13. The quantitative estimate of drug-likeness (QED) is 0.184. The van der Waals surface area contributed by atoms with Gasteiger partial charge in [-0.25, -0.2) is 12.8 Å². The fourth-order valence-electron chi connectivity index (χ4n) is 5.27. The number of nitrogens with one attached hydrogen (secondary N) is 1. The summed E-state index contributed by atoms with van der Waals surface area (Å²) in [5, 5.41) is 3.44. The topological polar surface area (TPSA) is 105 Å². The molecule has 4 aromatic rings. The molecule has 0 aliphatic carbocycles. The Morgan fingerprint density at radius 3 is 2.27 bits per heavy atom. The molecule has 0 spiro atoms. The molecule has 5 rings (SSSR count). The third kappa shape index (κ3) is 8.45. The molecule has 0 bridgehead atoms. The highest BCUT2D eigenvalue weighted by atomic mass is 35.5. The lowest BCUT2D eigenvalue weighted by Gasteiger charge is -2.34. The minimum atomic E-state index is -4.43. The average Bonchev–Trinajstić information content (AvgIpc) is 3.09. The average molecular weight is 694 g/mol. The van der Waals surface area contributed by atoms with Crippen LogP contribution < -0.4 is 19.1 Å². The van der Waals surface area contributed by atoms with Crippen LogP contribution >= 0.6 is 11.6 Å². The zero-order valence-corrected chi connectivity index (χ0v) is 28.2. The fraction of sp³-hybridized carbons (Fsp3) is 0.278. The molecule has 1 aliphatic heterocycles. The highest BCUT2D eigenvalue weighted by Crippen LogP contribution is 2.34. The van der Waals surface area contributed by atoms with Crippen LogP contribution in [0.5, 0.6) is 11.5 Å². The fourth-order valence-corrected chi connectivity index (χ4v) is 6.92. The van der Waals surface area contributed by atoms with E-state index < -0.39 is 34.3 Å². The molecule has 1 heterocycles. The van der Waals surface area contributed by atoms with E-state index in [1.165, 1.54) is 35.2 Å². The van der Waals surface area contributed by atoms with Crippen molar-refractivity contribution in [3.63, 3.8) is 0 Å². The van der Waals surface area contributed by atoms with Crippen molar-refractivity contribution >= 4 is 39.1 Å². The number of hydrogen-bond donors (Lipinski definition) is 1. The molecule has 0 aromatic heterocycles. The molecule has 2 amide bonds. The number of ether oxygens (including phenoxy) is 2. The minimum Gasteiger partial charge on any atom is -0.486 e. The number of carbonyl (C=O) groups is 2. The second-order valence-electron chi connectivity index (χ2n) is 11.5. The van der Waals surface area contributed by atoms with Crippen molar-refractivity contribution in [1.82, 2.24) is 10.2 Å². The molecule has 12 heteroatoms. The Morgan fingerprint density at radius 1 is 0.896 bits per heavy atom. The zero-order chi connectivity index (χ0) is 34.3. The van der Waals surface area contributed by atoms with Gasteiger partial charge in [-0.15, -0.1) is 0 Å². The van der Waals surface area contributed by atoms with E-state index in [4.69, 9.17) is 21.1 Å². The molecule has 0 unspecified atom stereocenters. The summed E-state index contributed by atoms with van der Waals surface area (Å²) >= 11 is 6.30. The van der Waals surface area contributed by atoms with Crippen molar-refractivity contribution in [2.75, 3.05) is 24.1 Å².